The SMILES string of the molecule is NCCCOC1CCN(C(=O)c2cc[nH]c(=O)c2)CC1. The molecule has 3 N–H and O–H groups in total. The Hall–Kier alpha value is -1.66. The summed E-state index contributed by atoms with van der Waals surface area (Å²) < 4.78 is 5.70. The zero-order valence-corrected chi connectivity index (χ0v) is 11.5. The third-order valence-electron chi connectivity index (χ3n) is 3.45. The highest BCUT2D eigenvalue weighted by Crippen LogP contribution is 2.16. The smallest absolute Gasteiger partial charge is 0.254 e. The largest absolute Gasteiger partial charge is 0.378 e. The van der Waals surface area contributed by atoms with E-state index in [1.165, 1.54) is 12.3 Å². The molecule has 0 atom stereocenters. The van der Waals surface area contributed by atoms with Crippen LogP contribution in [0.4, 0.5) is 0 Å². The normalized spacial score (nSPS) is 16.4. The minimum absolute atomic E-state index is 0.0866. The predicted molar refractivity (Wildman–Crippen MR) is 75.6 cm³/mol. The van der Waals surface area contributed by atoms with E-state index < -0.39 is 0 Å². The number of carbonyl (C=O) groups excluding carboxylic acids is 1. The molecule has 0 saturated carbocycles. The van der Waals surface area contributed by atoms with E-state index in [-0.39, 0.29) is 17.6 Å². The number of aromatic amines is 1. The van der Waals surface area contributed by atoms with Crippen LogP contribution in [0.2, 0.25) is 0 Å². The van der Waals surface area contributed by atoms with Crippen molar-refractivity contribution in [1.29, 1.82) is 0 Å². The lowest BCUT2D eigenvalue weighted by Crippen LogP contribution is -2.41. The summed E-state index contributed by atoms with van der Waals surface area (Å²) in [7, 11) is 0. The summed E-state index contributed by atoms with van der Waals surface area (Å²) in [5, 5.41) is 0. The van der Waals surface area contributed by atoms with E-state index in [4.69, 9.17) is 10.5 Å². The zero-order chi connectivity index (χ0) is 14.4. The molecule has 1 fully saturated rings. The number of ether oxygens (including phenoxy) is 1. The fourth-order valence-corrected chi connectivity index (χ4v) is 2.32. The Kier molecular flexibility index (Phi) is 5.31. The van der Waals surface area contributed by atoms with E-state index in [1.54, 1.807) is 11.0 Å². The average molecular weight is 279 g/mol. The maximum absolute atomic E-state index is 12.2. The topological polar surface area (TPSA) is 88.4 Å². The second kappa shape index (κ2) is 7.21. The maximum Gasteiger partial charge on any atom is 0.254 e. The van der Waals surface area contributed by atoms with Crippen LogP contribution in [-0.2, 0) is 4.74 Å². The maximum atomic E-state index is 12.2. The molecular weight excluding hydrogens is 258 g/mol. The first-order valence-electron chi connectivity index (χ1n) is 7.00. The van der Waals surface area contributed by atoms with Gasteiger partial charge in [-0.3, -0.25) is 9.59 Å². The van der Waals surface area contributed by atoms with Crippen LogP contribution in [0, 0.1) is 0 Å². The molecule has 0 aromatic carbocycles. The van der Waals surface area contributed by atoms with E-state index in [2.05, 4.69) is 4.98 Å². The van der Waals surface area contributed by atoms with Gasteiger partial charge in [-0.05, 0) is 31.9 Å². The first-order chi connectivity index (χ1) is 9.70. The van der Waals surface area contributed by atoms with Crippen molar-refractivity contribution in [2.45, 2.75) is 25.4 Å². The standard InChI is InChI=1S/C14H21N3O3/c15-5-1-9-20-12-3-7-17(8-4-12)14(19)11-2-6-16-13(18)10-11/h2,6,10,12H,1,3-5,7-9,15H2,(H,16,18). The molecule has 1 saturated heterocycles. The Labute approximate surface area is 117 Å². The number of amides is 1. The number of nitrogens with zero attached hydrogens (tertiary/aromatic N) is 1. The minimum Gasteiger partial charge on any atom is -0.378 e. The summed E-state index contributed by atoms with van der Waals surface area (Å²) in [5.41, 5.74) is 5.61. The Morgan fingerprint density at radius 3 is 2.85 bits per heavy atom. The Balaban J connectivity index is 1.84. The molecule has 1 aromatic rings. The molecule has 2 rings (SSSR count). The number of likely N-dealkylation sites (tertiary alicyclic amines) is 1. The molecule has 1 aromatic heterocycles. The third kappa shape index (κ3) is 3.91. The van der Waals surface area contributed by atoms with Gasteiger partial charge in [0.1, 0.15) is 0 Å². The van der Waals surface area contributed by atoms with E-state index in [0.29, 0.717) is 31.8 Å². The summed E-state index contributed by atoms with van der Waals surface area (Å²) in [5.74, 6) is -0.0866. The number of piperidine rings is 1. The van der Waals surface area contributed by atoms with Crippen molar-refractivity contribution < 1.29 is 9.53 Å². The lowest BCUT2D eigenvalue weighted by Gasteiger charge is -2.32. The van der Waals surface area contributed by atoms with Gasteiger partial charge in [-0.15, -0.1) is 0 Å². The van der Waals surface area contributed by atoms with Crippen LogP contribution >= 0.6 is 0 Å². The molecule has 1 amide bonds. The predicted octanol–water partition coefficient (Wildman–Crippen LogP) is 0.345. The second-order valence-corrected chi connectivity index (χ2v) is 4.95. The van der Waals surface area contributed by atoms with Gasteiger partial charge in [0.2, 0.25) is 5.56 Å². The lowest BCUT2D eigenvalue weighted by molar-refractivity contribution is 0.00844. The number of hydrogen-bond acceptors (Lipinski definition) is 4. The van der Waals surface area contributed by atoms with Crippen molar-refractivity contribution in [3.05, 3.63) is 34.2 Å². The van der Waals surface area contributed by atoms with E-state index in [9.17, 15) is 9.59 Å². The van der Waals surface area contributed by atoms with Gasteiger partial charge in [0.25, 0.3) is 5.91 Å². The first-order valence-corrected chi connectivity index (χ1v) is 7.00. The minimum atomic E-state index is -0.254. The summed E-state index contributed by atoms with van der Waals surface area (Å²) in [6.07, 6.45) is 4.24. The highest BCUT2D eigenvalue weighted by molar-refractivity contribution is 5.94. The van der Waals surface area contributed by atoms with Gasteiger partial charge in [-0.2, -0.15) is 0 Å². The van der Waals surface area contributed by atoms with Crippen LogP contribution in [-0.4, -0.2) is 48.1 Å². The van der Waals surface area contributed by atoms with Crippen LogP contribution < -0.4 is 11.3 Å². The van der Waals surface area contributed by atoms with E-state index >= 15 is 0 Å². The molecule has 0 unspecified atom stereocenters. The van der Waals surface area contributed by atoms with Gasteiger partial charge in [-0.25, -0.2) is 0 Å². The van der Waals surface area contributed by atoms with E-state index in [1.807, 2.05) is 0 Å². The molecule has 0 aliphatic carbocycles. The number of nitrogens with one attached hydrogen (secondary N) is 1. The van der Waals surface area contributed by atoms with Gasteiger partial charge in [0, 0.05) is 37.5 Å². The molecule has 0 bridgehead atoms. The number of rotatable bonds is 5. The third-order valence-corrected chi connectivity index (χ3v) is 3.45. The highest BCUT2D eigenvalue weighted by Gasteiger charge is 2.23. The first kappa shape index (κ1) is 14.7. The zero-order valence-electron chi connectivity index (χ0n) is 11.5. The molecule has 6 nitrogen and oxygen atoms in total. The quantitative estimate of drug-likeness (QED) is 0.761. The molecule has 110 valence electrons. The molecule has 0 spiro atoms. The van der Waals surface area contributed by atoms with Crippen LogP contribution in [0.3, 0.4) is 0 Å². The van der Waals surface area contributed by atoms with Crippen molar-refractivity contribution in [2.75, 3.05) is 26.2 Å². The van der Waals surface area contributed by atoms with Gasteiger partial charge in [-0.1, -0.05) is 0 Å². The van der Waals surface area contributed by atoms with Gasteiger partial charge in [0.15, 0.2) is 0 Å². The lowest BCUT2D eigenvalue weighted by atomic mass is 10.1. The number of pyridine rings is 1. The summed E-state index contributed by atoms with van der Waals surface area (Å²) in [6, 6.07) is 2.97. The fourth-order valence-electron chi connectivity index (χ4n) is 2.32. The number of H-pyrrole nitrogens is 1. The Morgan fingerprint density at radius 2 is 2.20 bits per heavy atom. The summed E-state index contributed by atoms with van der Waals surface area (Å²) in [6.45, 7) is 2.65. The Bertz CT molecular complexity index is 492. The van der Waals surface area contributed by atoms with Crippen molar-refractivity contribution in [1.82, 2.24) is 9.88 Å². The Morgan fingerprint density at radius 1 is 1.45 bits per heavy atom. The van der Waals surface area contributed by atoms with Crippen LogP contribution in [0.15, 0.2) is 23.1 Å². The van der Waals surface area contributed by atoms with Crippen LogP contribution in [0.5, 0.6) is 0 Å². The monoisotopic (exact) mass is 279 g/mol. The molecule has 1 aliphatic rings. The number of hydrogen-bond donors (Lipinski definition) is 2. The van der Waals surface area contributed by atoms with Crippen molar-refractivity contribution in [3.8, 4) is 0 Å². The average Bonchev–Trinajstić information content (AvgIpc) is 2.47. The number of carbonyl (C=O) groups is 1. The fraction of sp³-hybridized carbons (Fsp3) is 0.571. The molecular formula is C14H21N3O3. The highest BCUT2D eigenvalue weighted by atomic mass is 16.5. The van der Waals surface area contributed by atoms with Gasteiger partial charge < -0.3 is 20.4 Å². The van der Waals surface area contributed by atoms with Crippen molar-refractivity contribution in [2.24, 2.45) is 5.73 Å². The van der Waals surface area contributed by atoms with Crippen LogP contribution in [0.1, 0.15) is 29.6 Å². The molecule has 0 radical (unpaired) electrons. The molecule has 1 aliphatic heterocycles. The molecule has 20 heavy (non-hydrogen) atoms. The van der Waals surface area contributed by atoms with Crippen LogP contribution in [0.25, 0.3) is 0 Å². The molecule has 6 heteroatoms. The van der Waals surface area contributed by atoms with E-state index in [0.717, 1.165) is 19.3 Å². The van der Waals surface area contributed by atoms with Crippen molar-refractivity contribution >= 4 is 5.91 Å². The second-order valence-electron chi connectivity index (χ2n) is 4.95. The van der Waals surface area contributed by atoms with Crippen molar-refractivity contribution in [3.63, 3.8) is 0 Å². The number of aromatic nitrogens is 1. The van der Waals surface area contributed by atoms with Gasteiger partial charge >= 0.3 is 0 Å². The molecule has 2 heterocycles. The summed E-state index contributed by atoms with van der Waals surface area (Å²) >= 11 is 0. The van der Waals surface area contributed by atoms with Gasteiger partial charge in [0.05, 0.1) is 6.10 Å². The summed E-state index contributed by atoms with van der Waals surface area (Å²) in [4.78, 5) is 27.7. The number of nitrogens with two attached hydrogens (primary N) is 1.